The first kappa shape index (κ1) is 14.2. The van der Waals surface area contributed by atoms with Crippen molar-refractivity contribution in [3.8, 4) is 0 Å². The SMILES string of the molecule is COC(=O)[C@@H](N)CC(Cc1ccccc1)C(=O)O. The number of carbonyl (C=O) groups excluding carboxylic acids is 1. The lowest BCUT2D eigenvalue weighted by Gasteiger charge is -2.16. The maximum atomic E-state index is 11.2. The Morgan fingerprint density at radius 1 is 1.33 bits per heavy atom. The Kier molecular flexibility index (Phi) is 5.32. The average molecular weight is 251 g/mol. The van der Waals surface area contributed by atoms with Crippen LogP contribution in [-0.2, 0) is 20.7 Å². The van der Waals surface area contributed by atoms with Crippen molar-refractivity contribution in [2.45, 2.75) is 18.9 Å². The highest BCUT2D eigenvalue weighted by molar-refractivity contribution is 5.77. The molecule has 0 heterocycles. The van der Waals surface area contributed by atoms with Gasteiger partial charge in [0.1, 0.15) is 6.04 Å². The van der Waals surface area contributed by atoms with E-state index < -0.39 is 23.9 Å². The molecule has 5 heteroatoms. The fourth-order valence-corrected chi connectivity index (χ4v) is 1.72. The molecule has 0 aliphatic heterocycles. The molecular formula is C13H17NO4. The molecule has 0 saturated heterocycles. The summed E-state index contributed by atoms with van der Waals surface area (Å²) >= 11 is 0. The molecule has 5 nitrogen and oxygen atoms in total. The van der Waals surface area contributed by atoms with Crippen LogP contribution in [0.1, 0.15) is 12.0 Å². The highest BCUT2D eigenvalue weighted by Gasteiger charge is 2.25. The molecule has 0 bridgehead atoms. The molecule has 0 aliphatic rings. The summed E-state index contributed by atoms with van der Waals surface area (Å²) in [6.07, 6.45) is 0.414. The Morgan fingerprint density at radius 3 is 2.44 bits per heavy atom. The first-order valence-corrected chi connectivity index (χ1v) is 5.64. The molecule has 0 spiro atoms. The second kappa shape index (κ2) is 6.76. The molecule has 1 unspecified atom stereocenters. The Labute approximate surface area is 106 Å². The first-order valence-electron chi connectivity index (χ1n) is 5.64. The molecule has 98 valence electrons. The number of carbonyl (C=O) groups is 2. The fourth-order valence-electron chi connectivity index (χ4n) is 1.72. The van der Waals surface area contributed by atoms with Gasteiger partial charge in [-0.2, -0.15) is 0 Å². The van der Waals surface area contributed by atoms with Crippen LogP contribution in [0.2, 0.25) is 0 Å². The molecule has 3 N–H and O–H groups in total. The van der Waals surface area contributed by atoms with E-state index in [1.807, 2.05) is 30.3 Å². The number of benzene rings is 1. The van der Waals surface area contributed by atoms with Crippen LogP contribution in [0.3, 0.4) is 0 Å². The van der Waals surface area contributed by atoms with Gasteiger partial charge in [0.15, 0.2) is 0 Å². The number of hydrogen-bond donors (Lipinski definition) is 2. The van der Waals surface area contributed by atoms with Gasteiger partial charge in [0, 0.05) is 0 Å². The van der Waals surface area contributed by atoms with Crippen LogP contribution < -0.4 is 5.73 Å². The second-order valence-electron chi connectivity index (χ2n) is 4.09. The summed E-state index contributed by atoms with van der Waals surface area (Å²) in [5, 5.41) is 9.13. The standard InChI is InChI=1S/C13H17NO4/c1-18-13(17)11(14)8-10(12(15)16)7-9-5-3-2-4-6-9/h2-6,10-11H,7-8,14H2,1H3,(H,15,16)/t10?,11-/m0/s1. The number of aliphatic carboxylic acids is 1. The number of nitrogens with two attached hydrogens (primary N) is 1. The van der Waals surface area contributed by atoms with Crippen molar-refractivity contribution in [1.82, 2.24) is 0 Å². The minimum atomic E-state index is -0.960. The van der Waals surface area contributed by atoms with E-state index in [4.69, 9.17) is 10.8 Å². The van der Waals surface area contributed by atoms with Crippen LogP contribution in [0.5, 0.6) is 0 Å². The van der Waals surface area contributed by atoms with Crippen molar-refractivity contribution in [2.75, 3.05) is 7.11 Å². The molecule has 0 saturated carbocycles. The highest BCUT2D eigenvalue weighted by atomic mass is 16.5. The summed E-state index contributed by atoms with van der Waals surface area (Å²) in [4.78, 5) is 22.3. The van der Waals surface area contributed by atoms with Gasteiger partial charge in [-0.15, -0.1) is 0 Å². The Bertz CT molecular complexity index is 405. The highest BCUT2D eigenvalue weighted by Crippen LogP contribution is 2.14. The minimum absolute atomic E-state index is 0.0664. The van der Waals surface area contributed by atoms with Crippen LogP contribution in [0.15, 0.2) is 30.3 Å². The Hall–Kier alpha value is -1.88. The van der Waals surface area contributed by atoms with Crippen LogP contribution in [0.4, 0.5) is 0 Å². The molecule has 0 fully saturated rings. The van der Waals surface area contributed by atoms with E-state index >= 15 is 0 Å². The Balaban J connectivity index is 2.67. The smallest absolute Gasteiger partial charge is 0.322 e. The van der Waals surface area contributed by atoms with Gasteiger partial charge in [0.05, 0.1) is 13.0 Å². The van der Waals surface area contributed by atoms with Gasteiger partial charge in [-0.05, 0) is 18.4 Å². The zero-order chi connectivity index (χ0) is 13.5. The largest absolute Gasteiger partial charge is 0.481 e. The third-order valence-corrected chi connectivity index (χ3v) is 2.72. The van der Waals surface area contributed by atoms with Crippen molar-refractivity contribution < 1.29 is 19.4 Å². The summed E-state index contributed by atoms with van der Waals surface area (Å²) in [6.45, 7) is 0. The molecular weight excluding hydrogens is 234 g/mol. The number of methoxy groups -OCH3 is 1. The van der Waals surface area contributed by atoms with E-state index in [0.29, 0.717) is 6.42 Å². The third-order valence-electron chi connectivity index (χ3n) is 2.72. The van der Waals surface area contributed by atoms with Gasteiger partial charge in [0.2, 0.25) is 0 Å². The number of carboxylic acids is 1. The molecule has 0 radical (unpaired) electrons. The summed E-state index contributed by atoms with van der Waals surface area (Å²) < 4.78 is 4.49. The molecule has 1 aromatic rings. The minimum Gasteiger partial charge on any atom is -0.481 e. The number of hydrogen-bond acceptors (Lipinski definition) is 4. The fraction of sp³-hybridized carbons (Fsp3) is 0.385. The van der Waals surface area contributed by atoms with Gasteiger partial charge in [-0.25, -0.2) is 0 Å². The average Bonchev–Trinajstić information content (AvgIpc) is 2.37. The van der Waals surface area contributed by atoms with E-state index in [2.05, 4.69) is 4.74 Å². The molecule has 0 aliphatic carbocycles. The summed E-state index contributed by atoms with van der Waals surface area (Å²) in [6, 6.07) is 8.33. The van der Waals surface area contributed by atoms with E-state index in [1.54, 1.807) is 0 Å². The summed E-state index contributed by atoms with van der Waals surface area (Å²) in [5.74, 6) is -2.24. The second-order valence-corrected chi connectivity index (χ2v) is 4.09. The van der Waals surface area contributed by atoms with E-state index in [-0.39, 0.29) is 6.42 Å². The normalized spacial score (nSPS) is 13.7. The first-order chi connectivity index (χ1) is 8.54. The maximum absolute atomic E-state index is 11.2. The van der Waals surface area contributed by atoms with Crippen molar-refractivity contribution >= 4 is 11.9 Å². The molecule has 0 amide bonds. The van der Waals surface area contributed by atoms with Crippen LogP contribution in [0, 0.1) is 5.92 Å². The van der Waals surface area contributed by atoms with Crippen LogP contribution in [0.25, 0.3) is 0 Å². The van der Waals surface area contributed by atoms with Crippen molar-refractivity contribution in [3.63, 3.8) is 0 Å². The zero-order valence-electron chi connectivity index (χ0n) is 10.2. The van der Waals surface area contributed by atoms with Crippen LogP contribution >= 0.6 is 0 Å². The third kappa shape index (κ3) is 4.18. The van der Waals surface area contributed by atoms with E-state index in [1.165, 1.54) is 7.11 Å². The van der Waals surface area contributed by atoms with E-state index in [9.17, 15) is 9.59 Å². The van der Waals surface area contributed by atoms with Crippen LogP contribution in [-0.4, -0.2) is 30.2 Å². The lowest BCUT2D eigenvalue weighted by atomic mass is 9.93. The molecule has 2 atom stereocenters. The van der Waals surface area contributed by atoms with Gasteiger partial charge < -0.3 is 15.6 Å². The lowest BCUT2D eigenvalue weighted by Crippen LogP contribution is -2.36. The van der Waals surface area contributed by atoms with E-state index in [0.717, 1.165) is 5.56 Å². The predicted molar refractivity (Wildman–Crippen MR) is 65.9 cm³/mol. The van der Waals surface area contributed by atoms with Gasteiger partial charge in [-0.3, -0.25) is 9.59 Å². The van der Waals surface area contributed by atoms with Crippen molar-refractivity contribution in [2.24, 2.45) is 11.7 Å². The predicted octanol–water partition coefficient (Wildman–Crippen LogP) is 0.820. The molecule has 1 aromatic carbocycles. The van der Waals surface area contributed by atoms with Gasteiger partial charge >= 0.3 is 11.9 Å². The quantitative estimate of drug-likeness (QED) is 0.730. The summed E-state index contributed by atoms with van der Waals surface area (Å²) in [7, 11) is 1.23. The monoisotopic (exact) mass is 251 g/mol. The topological polar surface area (TPSA) is 89.6 Å². The number of esters is 1. The zero-order valence-corrected chi connectivity index (χ0v) is 10.2. The Morgan fingerprint density at radius 2 is 1.94 bits per heavy atom. The number of rotatable bonds is 6. The maximum Gasteiger partial charge on any atom is 0.322 e. The molecule has 18 heavy (non-hydrogen) atoms. The molecule has 0 aromatic heterocycles. The van der Waals surface area contributed by atoms with Crippen molar-refractivity contribution in [3.05, 3.63) is 35.9 Å². The number of ether oxygens (including phenoxy) is 1. The molecule has 1 rings (SSSR count). The van der Waals surface area contributed by atoms with Gasteiger partial charge in [-0.1, -0.05) is 30.3 Å². The summed E-state index contributed by atoms with van der Waals surface area (Å²) in [5.41, 5.74) is 6.49. The van der Waals surface area contributed by atoms with Gasteiger partial charge in [0.25, 0.3) is 0 Å². The number of carboxylic acid groups (broad SMARTS) is 1. The lowest BCUT2D eigenvalue weighted by molar-refractivity contribution is -0.145. The van der Waals surface area contributed by atoms with Crippen molar-refractivity contribution in [1.29, 1.82) is 0 Å².